The number of hydrogen-bond donors (Lipinski definition) is 1. The van der Waals surface area contributed by atoms with Crippen LogP contribution >= 0.6 is 0 Å². The van der Waals surface area contributed by atoms with Crippen molar-refractivity contribution in [3.8, 4) is 0 Å². The highest BCUT2D eigenvalue weighted by molar-refractivity contribution is 5.99. The first-order chi connectivity index (χ1) is 8.65. The molecule has 0 saturated carbocycles. The lowest BCUT2D eigenvalue weighted by atomic mass is 10.1. The Kier molecular flexibility index (Phi) is 5.58. The summed E-state index contributed by atoms with van der Waals surface area (Å²) in [4.78, 5) is 13.9. The summed E-state index contributed by atoms with van der Waals surface area (Å²) in [5.41, 5.74) is 0.578. The van der Waals surface area contributed by atoms with Gasteiger partial charge in [0.25, 0.3) is 5.91 Å². The third-order valence-corrected chi connectivity index (χ3v) is 2.73. The number of halogens is 1. The highest BCUT2D eigenvalue weighted by Crippen LogP contribution is 2.20. The molecule has 0 radical (unpaired) electrons. The van der Waals surface area contributed by atoms with E-state index in [-0.39, 0.29) is 11.6 Å². The van der Waals surface area contributed by atoms with Gasteiger partial charge in [-0.25, -0.2) is 4.39 Å². The zero-order valence-corrected chi connectivity index (χ0v) is 11.0. The molecule has 0 aliphatic carbocycles. The Labute approximate surface area is 107 Å². The van der Waals surface area contributed by atoms with Crippen molar-refractivity contribution in [3.05, 3.63) is 29.6 Å². The van der Waals surface area contributed by atoms with Gasteiger partial charge in [0.2, 0.25) is 0 Å². The van der Waals surface area contributed by atoms with Crippen molar-refractivity contribution >= 4 is 11.6 Å². The summed E-state index contributed by atoms with van der Waals surface area (Å²) in [5.74, 6) is -0.621. The maximum absolute atomic E-state index is 13.6. The van der Waals surface area contributed by atoms with Gasteiger partial charge in [0, 0.05) is 27.2 Å². The minimum absolute atomic E-state index is 0.196. The molecule has 0 atom stereocenters. The van der Waals surface area contributed by atoms with Crippen LogP contribution < -0.4 is 5.32 Å². The van der Waals surface area contributed by atoms with Crippen molar-refractivity contribution in [2.45, 2.75) is 6.92 Å². The minimum atomic E-state index is -0.425. The van der Waals surface area contributed by atoms with Crippen molar-refractivity contribution in [3.63, 3.8) is 0 Å². The molecule has 1 amide bonds. The zero-order chi connectivity index (χ0) is 13.5. The average Bonchev–Trinajstić information content (AvgIpc) is 2.39. The lowest BCUT2D eigenvalue weighted by Gasteiger charge is -2.22. The number of nitrogens with one attached hydrogen (secondary N) is 1. The van der Waals surface area contributed by atoms with Gasteiger partial charge in [0.15, 0.2) is 0 Å². The van der Waals surface area contributed by atoms with E-state index < -0.39 is 5.82 Å². The van der Waals surface area contributed by atoms with Gasteiger partial charge >= 0.3 is 0 Å². The van der Waals surface area contributed by atoms with Crippen LogP contribution in [0.1, 0.15) is 17.3 Å². The summed E-state index contributed by atoms with van der Waals surface area (Å²) in [5, 5.41) is 2.73. The number of anilines is 1. The van der Waals surface area contributed by atoms with Crippen LogP contribution in [0.2, 0.25) is 0 Å². The Morgan fingerprint density at radius 2 is 2.22 bits per heavy atom. The smallest absolute Gasteiger partial charge is 0.256 e. The summed E-state index contributed by atoms with van der Waals surface area (Å²) in [7, 11) is 3.18. The largest absolute Gasteiger partial charge is 0.385 e. The van der Waals surface area contributed by atoms with E-state index in [1.54, 1.807) is 25.1 Å². The molecule has 0 aliphatic heterocycles. The Bertz CT molecular complexity index is 410. The molecule has 0 fully saturated rings. The number of likely N-dealkylation sites (N-methyl/N-ethyl adjacent to an activating group) is 1. The number of carbonyl (C=O) groups is 1. The van der Waals surface area contributed by atoms with Crippen LogP contribution in [-0.4, -0.2) is 44.7 Å². The molecular formula is C13H19FN2O2. The van der Waals surface area contributed by atoms with E-state index in [1.807, 2.05) is 6.92 Å². The van der Waals surface area contributed by atoms with Gasteiger partial charge in [0.05, 0.1) is 17.9 Å². The van der Waals surface area contributed by atoms with Gasteiger partial charge in [-0.3, -0.25) is 4.79 Å². The maximum Gasteiger partial charge on any atom is 0.256 e. The SMILES string of the molecule is CCN(CCOC)C(=O)c1cccc(F)c1NC. The van der Waals surface area contributed by atoms with E-state index in [0.29, 0.717) is 25.3 Å². The Hall–Kier alpha value is -1.62. The molecule has 5 heteroatoms. The first-order valence-electron chi connectivity index (χ1n) is 5.90. The molecule has 1 aromatic rings. The standard InChI is InChI=1S/C13H19FN2O2/c1-4-16(8-9-18-3)13(17)10-6-5-7-11(14)12(10)15-2/h5-7,15H,4,8-9H2,1-3H3. The molecule has 0 aromatic heterocycles. The van der Waals surface area contributed by atoms with E-state index >= 15 is 0 Å². The summed E-state index contributed by atoms with van der Waals surface area (Å²) in [6, 6.07) is 4.48. The zero-order valence-electron chi connectivity index (χ0n) is 11.0. The number of hydrogen-bond acceptors (Lipinski definition) is 3. The van der Waals surface area contributed by atoms with Crippen LogP contribution in [0, 0.1) is 5.82 Å². The molecule has 18 heavy (non-hydrogen) atoms. The molecule has 100 valence electrons. The average molecular weight is 254 g/mol. The van der Waals surface area contributed by atoms with E-state index in [2.05, 4.69) is 5.32 Å². The first kappa shape index (κ1) is 14.4. The second-order valence-corrected chi connectivity index (χ2v) is 3.79. The number of ether oxygens (including phenoxy) is 1. The molecule has 4 nitrogen and oxygen atoms in total. The second-order valence-electron chi connectivity index (χ2n) is 3.79. The molecule has 0 spiro atoms. The Morgan fingerprint density at radius 3 is 2.78 bits per heavy atom. The topological polar surface area (TPSA) is 41.6 Å². The van der Waals surface area contributed by atoms with Crippen molar-refractivity contribution in [1.82, 2.24) is 4.90 Å². The third-order valence-electron chi connectivity index (χ3n) is 2.73. The number of carbonyl (C=O) groups excluding carboxylic acids is 1. The predicted octanol–water partition coefficient (Wildman–Crippen LogP) is 1.98. The van der Waals surface area contributed by atoms with Crippen LogP contribution in [0.3, 0.4) is 0 Å². The van der Waals surface area contributed by atoms with Crippen LogP contribution in [0.15, 0.2) is 18.2 Å². The van der Waals surface area contributed by atoms with Gasteiger partial charge in [-0.15, -0.1) is 0 Å². The van der Waals surface area contributed by atoms with Crippen LogP contribution in [-0.2, 0) is 4.74 Å². The molecule has 1 aromatic carbocycles. The maximum atomic E-state index is 13.6. The van der Waals surface area contributed by atoms with Crippen LogP contribution in [0.25, 0.3) is 0 Å². The molecule has 1 rings (SSSR count). The van der Waals surface area contributed by atoms with E-state index in [4.69, 9.17) is 4.74 Å². The number of nitrogens with zero attached hydrogens (tertiary/aromatic N) is 1. The van der Waals surface area contributed by atoms with E-state index in [0.717, 1.165) is 0 Å². The number of rotatable bonds is 6. The normalized spacial score (nSPS) is 10.2. The molecule has 0 heterocycles. The molecular weight excluding hydrogens is 235 g/mol. The first-order valence-corrected chi connectivity index (χ1v) is 5.90. The quantitative estimate of drug-likeness (QED) is 0.844. The molecule has 0 bridgehead atoms. The highest BCUT2D eigenvalue weighted by Gasteiger charge is 2.18. The lowest BCUT2D eigenvalue weighted by Crippen LogP contribution is -2.34. The Balaban J connectivity index is 2.97. The second kappa shape index (κ2) is 6.96. The number of para-hydroxylation sites is 1. The number of methoxy groups -OCH3 is 1. The van der Waals surface area contributed by atoms with Crippen molar-refractivity contribution in [1.29, 1.82) is 0 Å². The van der Waals surface area contributed by atoms with E-state index in [1.165, 1.54) is 12.1 Å². The highest BCUT2D eigenvalue weighted by atomic mass is 19.1. The number of amides is 1. The minimum Gasteiger partial charge on any atom is -0.385 e. The third kappa shape index (κ3) is 3.20. The van der Waals surface area contributed by atoms with Gasteiger partial charge < -0.3 is 15.0 Å². The van der Waals surface area contributed by atoms with Gasteiger partial charge in [-0.1, -0.05) is 6.07 Å². The predicted molar refractivity (Wildman–Crippen MR) is 69.4 cm³/mol. The fourth-order valence-electron chi connectivity index (χ4n) is 1.73. The van der Waals surface area contributed by atoms with Gasteiger partial charge in [0.1, 0.15) is 5.82 Å². The summed E-state index contributed by atoms with van der Waals surface area (Å²) in [6.07, 6.45) is 0. The van der Waals surface area contributed by atoms with Crippen molar-refractivity contribution in [2.75, 3.05) is 39.2 Å². The monoisotopic (exact) mass is 254 g/mol. The summed E-state index contributed by atoms with van der Waals surface area (Å²) < 4.78 is 18.5. The lowest BCUT2D eigenvalue weighted by molar-refractivity contribution is 0.0707. The van der Waals surface area contributed by atoms with Gasteiger partial charge in [-0.05, 0) is 19.1 Å². The van der Waals surface area contributed by atoms with Crippen LogP contribution in [0.5, 0.6) is 0 Å². The number of benzene rings is 1. The fourth-order valence-corrected chi connectivity index (χ4v) is 1.73. The van der Waals surface area contributed by atoms with Crippen LogP contribution in [0.4, 0.5) is 10.1 Å². The summed E-state index contributed by atoms with van der Waals surface area (Å²) >= 11 is 0. The molecule has 0 unspecified atom stereocenters. The van der Waals surface area contributed by atoms with E-state index in [9.17, 15) is 9.18 Å². The molecule has 1 N–H and O–H groups in total. The van der Waals surface area contributed by atoms with Crippen molar-refractivity contribution < 1.29 is 13.9 Å². The summed E-state index contributed by atoms with van der Waals surface area (Å²) in [6.45, 7) is 3.39. The molecule has 0 saturated heterocycles. The molecule has 0 aliphatic rings. The van der Waals surface area contributed by atoms with Crippen molar-refractivity contribution in [2.24, 2.45) is 0 Å². The fraction of sp³-hybridized carbons (Fsp3) is 0.462. The Morgan fingerprint density at radius 1 is 1.50 bits per heavy atom. The van der Waals surface area contributed by atoms with Gasteiger partial charge in [-0.2, -0.15) is 0 Å².